The number of amides is 1. The van der Waals surface area contributed by atoms with E-state index in [4.69, 9.17) is 10.5 Å². The second kappa shape index (κ2) is 7.51. The van der Waals surface area contributed by atoms with Gasteiger partial charge in [0.1, 0.15) is 11.9 Å². The number of carbonyl (C=O) groups excluding carboxylic acids is 1. The highest BCUT2D eigenvalue weighted by molar-refractivity contribution is 6.38. The van der Waals surface area contributed by atoms with Crippen LogP contribution in [0.25, 0.3) is 11.1 Å². The van der Waals surface area contributed by atoms with Crippen LogP contribution in [0, 0.1) is 0 Å². The van der Waals surface area contributed by atoms with Gasteiger partial charge in [-0.3, -0.25) is 4.79 Å². The summed E-state index contributed by atoms with van der Waals surface area (Å²) in [6.07, 6.45) is 3.03. The summed E-state index contributed by atoms with van der Waals surface area (Å²) in [6.45, 7) is 0.700. The zero-order valence-corrected chi connectivity index (χ0v) is 16.3. The Hall–Kier alpha value is -3.87. The Morgan fingerprint density at radius 2 is 2.03 bits per heavy atom. The van der Waals surface area contributed by atoms with Crippen molar-refractivity contribution >= 4 is 17.6 Å². The number of anilines is 1. The molecule has 0 fully saturated rings. The lowest BCUT2D eigenvalue weighted by atomic mass is 10.0. The minimum absolute atomic E-state index is 0.132. The molecule has 3 aromatic rings. The monoisotopic (exact) mass is 399 g/mol. The number of nitrogens with two attached hydrogens (primary N) is 1. The number of fused-ring (bicyclic) bond motifs is 1. The first-order valence-electron chi connectivity index (χ1n) is 9.88. The molecule has 1 unspecified atom stereocenters. The number of carbonyl (C=O) groups is 1. The lowest BCUT2D eigenvalue weighted by molar-refractivity contribution is -0.112. The van der Waals surface area contributed by atoms with E-state index in [0.29, 0.717) is 18.8 Å². The number of pyridine rings is 1. The molecular formula is C23H21N5O2. The molecule has 1 atom stereocenters. The standard InChI is InChI=1S/C23H21N5O2/c24-22(29)23-26-20(13-15-5-2-1-3-6-15)28(27-23)19-14-17(9-11-25-19)18-8-4-7-16-10-12-30-21(16)18/h1-9,11,14,20H,10,12-13H2,(H2,24,29)(H,26,27). The fraction of sp³-hybridized carbons (Fsp3) is 0.174. The fourth-order valence-electron chi connectivity index (χ4n) is 3.89. The number of amidine groups is 1. The van der Waals surface area contributed by atoms with Crippen LogP contribution in [0.4, 0.5) is 5.82 Å². The summed E-state index contributed by atoms with van der Waals surface area (Å²) >= 11 is 0. The first-order valence-corrected chi connectivity index (χ1v) is 9.88. The van der Waals surface area contributed by atoms with Crippen molar-refractivity contribution in [3.63, 3.8) is 0 Å². The number of aromatic nitrogens is 1. The molecule has 7 heteroatoms. The molecule has 1 aromatic heterocycles. The predicted molar refractivity (Wildman–Crippen MR) is 115 cm³/mol. The molecule has 150 valence electrons. The van der Waals surface area contributed by atoms with E-state index in [2.05, 4.69) is 21.5 Å². The Balaban J connectivity index is 1.50. The van der Waals surface area contributed by atoms with Crippen LogP contribution in [0.5, 0.6) is 5.75 Å². The Kier molecular flexibility index (Phi) is 4.55. The van der Waals surface area contributed by atoms with Gasteiger partial charge in [-0.15, -0.1) is 5.10 Å². The summed E-state index contributed by atoms with van der Waals surface area (Å²) in [5, 5.41) is 9.26. The predicted octanol–water partition coefficient (Wildman–Crippen LogP) is 2.46. The van der Waals surface area contributed by atoms with Crippen molar-refractivity contribution in [3.05, 3.63) is 78.0 Å². The third-order valence-corrected chi connectivity index (χ3v) is 5.32. The molecule has 2 aliphatic heterocycles. The number of primary amides is 1. The molecule has 0 aliphatic carbocycles. The van der Waals surface area contributed by atoms with Crippen molar-refractivity contribution in [1.82, 2.24) is 10.3 Å². The van der Waals surface area contributed by atoms with E-state index in [-0.39, 0.29) is 12.0 Å². The van der Waals surface area contributed by atoms with Gasteiger partial charge in [0.2, 0.25) is 5.84 Å². The maximum absolute atomic E-state index is 11.8. The fourth-order valence-corrected chi connectivity index (χ4v) is 3.89. The second-order valence-corrected chi connectivity index (χ2v) is 7.30. The number of hydrogen-bond donors (Lipinski definition) is 2. The summed E-state index contributed by atoms with van der Waals surface area (Å²) in [7, 11) is 0. The molecule has 3 heterocycles. The van der Waals surface area contributed by atoms with Gasteiger partial charge in [-0.05, 0) is 28.8 Å². The van der Waals surface area contributed by atoms with E-state index < -0.39 is 5.91 Å². The molecule has 5 rings (SSSR count). The summed E-state index contributed by atoms with van der Waals surface area (Å²) in [5.41, 5.74) is 9.82. The van der Waals surface area contributed by atoms with E-state index >= 15 is 0 Å². The van der Waals surface area contributed by atoms with Crippen LogP contribution in [0.15, 0.2) is 72.0 Å². The van der Waals surface area contributed by atoms with Crippen molar-refractivity contribution in [2.45, 2.75) is 19.0 Å². The van der Waals surface area contributed by atoms with E-state index in [1.807, 2.05) is 54.6 Å². The van der Waals surface area contributed by atoms with Crippen LogP contribution >= 0.6 is 0 Å². The molecule has 2 aliphatic rings. The molecule has 0 bridgehead atoms. The van der Waals surface area contributed by atoms with Crippen molar-refractivity contribution in [3.8, 4) is 16.9 Å². The third-order valence-electron chi connectivity index (χ3n) is 5.32. The van der Waals surface area contributed by atoms with Gasteiger partial charge in [0, 0.05) is 24.6 Å². The molecular weight excluding hydrogens is 378 g/mol. The molecule has 3 N–H and O–H groups in total. The highest BCUT2D eigenvalue weighted by atomic mass is 16.5. The number of para-hydroxylation sites is 1. The summed E-state index contributed by atoms with van der Waals surface area (Å²) < 4.78 is 5.86. The SMILES string of the molecule is NC(=O)C1=NN(c2cc(-c3cccc4c3OCC4)ccn2)C(Cc2ccccc2)N1. The number of hydrogen-bond acceptors (Lipinski definition) is 6. The van der Waals surface area contributed by atoms with Gasteiger partial charge in [-0.2, -0.15) is 0 Å². The minimum atomic E-state index is -0.596. The second-order valence-electron chi connectivity index (χ2n) is 7.30. The number of hydrazone groups is 1. The van der Waals surface area contributed by atoms with Crippen LogP contribution < -0.4 is 20.8 Å². The number of benzene rings is 2. The largest absolute Gasteiger partial charge is 0.492 e. The summed E-state index contributed by atoms with van der Waals surface area (Å²) in [5.74, 6) is 1.09. The van der Waals surface area contributed by atoms with Gasteiger partial charge in [-0.1, -0.05) is 48.5 Å². The highest BCUT2D eigenvalue weighted by Crippen LogP contribution is 2.37. The molecule has 1 amide bonds. The number of rotatable bonds is 5. The van der Waals surface area contributed by atoms with Gasteiger partial charge in [0.25, 0.3) is 5.91 Å². The summed E-state index contributed by atoms with van der Waals surface area (Å²) in [4.78, 5) is 16.3. The Morgan fingerprint density at radius 1 is 1.17 bits per heavy atom. The van der Waals surface area contributed by atoms with Crippen molar-refractivity contribution in [1.29, 1.82) is 0 Å². The first-order chi connectivity index (χ1) is 14.7. The molecule has 2 aromatic carbocycles. The van der Waals surface area contributed by atoms with Crippen molar-refractivity contribution < 1.29 is 9.53 Å². The van der Waals surface area contributed by atoms with Gasteiger partial charge in [0.05, 0.1) is 6.61 Å². The zero-order chi connectivity index (χ0) is 20.5. The topological polar surface area (TPSA) is 92.8 Å². The van der Waals surface area contributed by atoms with Crippen LogP contribution in [0.2, 0.25) is 0 Å². The maximum Gasteiger partial charge on any atom is 0.286 e. The zero-order valence-electron chi connectivity index (χ0n) is 16.3. The van der Waals surface area contributed by atoms with Crippen LogP contribution in [0.1, 0.15) is 11.1 Å². The van der Waals surface area contributed by atoms with Crippen LogP contribution in [-0.4, -0.2) is 29.5 Å². The average Bonchev–Trinajstić information content (AvgIpc) is 3.42. The van der Waals surface area contributed by atoms with Gasteiger partial charge >= 0.3 is 0 Å². The molecule has 0 radical (unpaired) electrons. The normalized spacial score (nSPS) is 17.1. The molecule has 0 saturated carbocycles. The molecule has 0 spiro atoms. The minimum Gasteiger partial charge on any atom is -0.492 e. The molecule has 30 heavy (non-hydrogen) atoms. The maximum atomic E-state index is 11.8. The van der Waals surface area contributed by atoms with E-state index in [1.165, 1.54) is 5.56 Å². The van der Waals surface area contributed by atoms with Crippen molar-refractivity contribution in [2.24, 2.45) is 10.8 Å². The summed E-state index contributed by atoms with van der Waals surface area (Å²) in [6, 6.07) is 20.1. The Bertz CT molecular complexity index is 1130. The van der Waals surface area contributed by atoms with Crippen molar-refractivity contribution in [2.75, 3.05) is 11.6 Å². The number of nitrogens with zero attached hydrogens (tertiary/aromatic N) is 3. The average molecular weight is 399 g/mol. The highest BCUT2D eigenvalue weighted by Gasteiger charge is 2.30. The van der Waals surface area contributed by atoms with Gasteiger partial charge in [-0.25, -0.2) is 9.99 Å². The van der Waals surface area contributed by atoms with Gasteiger partial charge < -0.3 is 15.8 Å². The van der Waals surface area contributed by atoms with Gasteiger partial charge in [0.15, 0.2) is 5.82 Å². The molecule has 0 saturated heterocycles. The quantitative estimate of drug-likeness (QED) is 0.688. The first kappa shape index (κ1) is 18.2. The number of ether oxygens (including phenoxy) is 1. The lowest BCUT2D eigenvalue weighted by Crippen LogP contribution is -2.43. The Labute approximate surface area is 174 Å². The lowest BCUT2D eigenvalue weighted by Gasteiger charge is -2.23. The smallest absolute Gasteiger partial charge is 0.286 e. The third kappa shape index (κ3) is 3.34. The van der Waals surface area contributed by atoms with E-state index in [0.717, 1.165) is 28.9 Å². The Morgan fingerprint density at radius 3 is 2.87 bits per heavy atom. The molecule has 7 nitrogen and oxygen atoms in total. The van der Waals surface area contributed by atoms with Crippen LogP contribution in [0.3, 0.4) is 0 Å². The number of nitrogens with one attached hydrogen (secondary N) is 1. The van der Waals surface area contributed by atoms with E-state index in [1.54, 1.807) is 11.2 Å². The van der Waals surface area contributed by atoms with E-state index in [9.17, 15) is 4.79 Å². The van der Waals surface area contributed by atoms with Crippen LogP contribution in [-0.2, 0) is 17.6 Å².